The Morgan fingerprint density at radius 1 is 1.41 bits per heavy atom. The zero-order chi connectivity index (χ0) is 12.7. The Hall–Kier alpha value is -2.08. The first-order chi connectivity index (χ1) is 8.17. The monoisotopic (exact) mass is 238 g/mol. The number of hydrogen-bond acceptors (Lipinski definition) is 4. The van der Waals surface area contributed by atoms with Crippen molar-refractivity contribution in [3.05, 3.63) is 29.8 Å². The molecule has 6 heteroatoms. The van der Waals surface area contributed by atoms with Crippen LogP contribution in [0.5, 0.6) is 0 Å². The van der Waals surface area contributed by atoms with Gasteiger partial charge in [-0.3, -0.25) is 10.1 Å². The summed E-state index contributed by atoms with van der Waals surface area (Å²) in [4.78, 5) is 22.5. The number of amides is 2. The van der Waals surface area contributed by atoms with Crippen LogP contribution in [-0.4, -0.2) is 37.4 Å². The maximum atomic E-state index is 11.3. The minimum atomic E-state index is -0.673. The summed E-state index contributed by atoms with van der Waals surface area (Å²) >= 11 is 0. The molecule has 0 fully saturated rings. The first-order valence-electron chi connectivity index (χ1n) is 5.04. The number of carbonyl (C=O) groups is 2. The van der Waals surface area contributed by atoms with Gasteiger partial charge in [0.15, 0.2) is 0 Å². The number of benzene rings is 1. The molecule has 0 bridgehead atoms. The van der Waals surface area contributed by atoms with E-state index in [-0.39, 0.29) is 19.1 Å². The summed E-state index contributed by atoms with van der Waals surface area (Å²) < 4.78 is 4.62. The van der Waals surface area contributed by atoms with Gasteiger partial charge in [-0.1, -0.05) is 6.07 Å². The number of hydrogen-bond donors (Lipinski definition) is 3. The first kappa shape index (κ1) is 13.0. The van der Waals surface area contributed by atoms with E-state index in [0.29, 0.717) is 11.3 Å². The number of aliphatic hydroxyl groups excluding tert-OH is 1. The number of anilines is 1. The van der Waals surface area contributed by atoms with Crippen LogP contribution in [0.4, 0.5) is 10.5 Å². The number of carbonyl (C=O) groups excluding carboxylic acids is 2. The smallest absolute Gasteiger partial charge is 0.411 e. The zero-order valence-corrected chi connectivity index (χ0v) is 9.40. The lowest BCUT2D eigenvalue weighted by atomic mass is 10.2. The second-order valence-corrected chi connectivity index (χ2v) is 3.14. The molecule has 0 aromatic heterocycles. The normalized spacial score (nSPS) is 9.53. The predicted octanol–water partition coefficient (Wildman–Crippen LogP) is 0.587. The molecule has 0 aliphatic carbocycles. The molecule has 0 radical (unpaired) electrons. The highest BCUT2D eigenvalue weighted by molar-refractivity contribution is 5.96. The molecule has 17 heavy (non-hydrogen) atoms. The molecular weight excluding hydrogens is 224 g/mol. The molecule has 0 aliphatic heterocycles. The van der Waals surface area contributed by atoms with Gasteiger partial charge in [0, 0.05) is 18.3 Å². The molecule has 0 atom stereocenters. The highest BCUT2D eigenvalue weighted by Crippen LogP contribution is 2.10. The summed E-state index contributed by atoms with van der Waals surface area (Å²) in [6.45, 7) is -0.299. The Morgan fingerprint density at radius 2 is 2.18 bits per heavy atom. The van der Waals surface area contributed by atoms with Crippen LogP contribution in [-0.2, 0) is 4.74 Å². The van der Waals surface area contributed by atoms with Crippen LogP contribution in [0.3, 0.4) is 0 Å². The van der Waals surface area contributed by atoms with E-state index in [0.717, 1.165) is 0 Å². The molecule has 6 nitrogen and oxygen atoms in total. The molecule has 0 spiro atoms. The van der Waals surface area contributed by atoms with Crippen molar-refractivity contribution in [1.82, 2.24) is 5.32 Å². The van der Waals surface area contributed by atoms with Gasteiger partial charge in [-0.2, -0.15) is 0 Å². The standard InChI is InChI=1S/C11H14N2O4/c1-12-10(15)8-3-2-4-9(7-8)13-11(16)17-6-5-14/h2-4,7,14H,5-6H2,1H3,(H,12,15)(H,13,16). The van der Waals surface area contributed by atoms with Crippen molar-refractivity contribution in [3.8, 4) is 0 Å². The van der Waals surface area contributed by atoms with Crippen molar-refractivity contribution in [1.29, 1.82) is 0 Å². The van der Waals surface area contributed by atoms with Crippen molar-refractivity contribution in [2.45, 2.75) is 0 Å². The fourth-order valence-electron chi connectivity index (χ4n) is 1.17. The Morgan fingerprint density at radius 3 is 2.82 bits per heavy atom. The lowest BCUT2D eigenvalue weighted by Gasteiger charge is -2.07. The third-order valence-corrected chi connectivity index (χ3v) is 1.92. The van der Waals surface area contributed by atoms with Gasteiger partial charge in [0.2, 0.25) is 0 Å². The van der Waals surface area contributed by atoms with E-state index in [2.05, 4.69) is 15.4 Å². The van der Waals surface area contributed by atoms with Crippen LogP contribution in [0.1, 0.15) is 10.4 Å². The van der Waals surface area contributed by atoms with E-state index in [1.807, 2.05) is 0 Å². The number of aliphatic hydroxyl groups is 1. The summed E-state index contributed by atoms with van der Waals surface area (Å²) in [6.07, 6.45) is -0.673. The molecule has 0 aliphatic rings. The van der Waals surface area contributed by atoms with Crippen LogP contribution in [0, 0.1) is 0 Å². The largest absolute Gasteiger partial charge is 0.447 e. The molecule has 1 aromatic rings. The average molecular weight is 238 g/mol. The van der Waals surface area contributed by atoms with Gasteiger partial charge in [0.25, 0.3) is 5.91 Å². The topological polar surface area (TPSA) is 87.7 Å². The molecule has 0 unspecified atom stereocenters. The SMILES string of the molecule is CNC(=O)c1cccc(NC(=O)OCCO)c1. The Kier molecular flexibility index (Phi) is 4.96. The van der Waals surface area contributed by atoms with E-state index >= 15 is 0 Å². The summed E-state index contributed by atoms with van der Waals surface area (Å²) in [5, 5.41) is 13.4. The van der Waals surface area contributed by atoms with Gasteiger partial charge in [0.05, 0.1) is 6.61 Å². The molecule has 2 amide bonds. The van der Waals surface area contributed by atoms with Crippen LogP contribution in [0.2, 0.25) is 0 Å². The summed E-state index contributed by atoms with van der Waals surface area (Å²) in [5.41, 5.74) is 0.890. The van der Waals surface area contributed by atoms with Gasteiger partial charge in [-0.05, 0) is 18.2 Å². The zero-order valence-electron chi connectivity index (χ0n) is 9.40. The molecule has 0 saturated heterocycles. The maximum Gasteiger partial charge on any atom is 0.411 e. The fourth-order valence-corrected chi connectivity index (χ4v) is 1.17. The average Bonchev–Trinajstić information content (AvgIpc) is 2.35. The Bertz CT molecular complexity index is 406. The van der Waals surface area contributed by atoms with Crippen LogP contribution >= 0.6 is 0 Å². The van der Waals surface area contributed by atoms with Crippen LogP contribution in [0.25, 0.3) is 0 Å². The lowest BCUT2D eigenvalue weighted by molar-refractivity contribution is 0.0963. The molecule has 92 valence electrons. The number of ether oxygens (including phenoxy) is 1. The molecule has 0 saturated carbocycles. The first-order valence-corrected chi connectivity index (χ1v) is 5.04. The van der Waals surface area contributed by atoms with Gasteiger partial charge >= 0.3 is 6.09 Å². The maximum absolute atomic E-state index is 11.3. The quantitative estimate of drug-likeness (QED) is 0.716. The summed E-state index contributed by atoms with van der Waals surface area (Å²) in [7, 11) is 1.53. The lowest BCUT2D eigenvalue weighted by Crippen LogP contribution is -2.19. The summed E-state index contributed by atoms with van der Waals surface area (Å²) in [5.74, 6) is -0.239. The molecular formula is C11H14N2O4. The van der Waals surface area contributed by atoms with Crippen LogP contribution in [0.15, 0.2) is 24.3 Å². The van der Waals surface area contributed by atoms with E-state index in [1.54, 1.807) is 18.2 Å². The molecule has 3 N–H and O–H groups in total. The Balaban J connectivity index is 2.65. The third kappa shape index (κ3) is 4.12. The van der Waals surface area contributed by atoms with E-state index in [9.17, 15) is 9.59 Å². The minimum absolute atomic E-state index is 0.0685. The molecule has 0 heterocycles. The summed E-state index contributed by atoms with van der Waals surface area (Å²) in [6, 6.07) is 6.43. The van der Waals surface area contributed by atoms with Gasteiger partial charge in [0.1, 0.15) is 6.61 Å². The van der Waals surface area contributed by atoms with Crippen molar-refractivity contribution in [2.75, 3.05) is 25.6 Å². The van der Waals surface area contributed by atoms with Gasteiger partial charge in [-0.25, -0.2) is 4.79 Å². The second kappa shape index (κ2) is 6.49. The van der Waals surface area contributed by atoms with Crippen LogP contribution < -0.4 is 10.6 Å². The van der Waals surface area contributed by atoms with Crippen molar-refractivity contribution in [3.63, 3.8) is 0 Å². The predicted molar refractivity (Wildman–Crippen MR) is 61.9 cm³/mol. The van der Waals surface area contributed by atoms with Crippen molar-refractivity contribution in [2.24, 2.45) is 0 Å². The van der Waals surface area contributed by atoms with Crippen molar-refractivity contribution < 1.29 is 19.4 Å². The van der Waals surface area contributed by atoms with Crippen molar-refractivity contribution >= 4 is 17.7 Å². The molecule has 1 aromatic carbocycles. The fraction of sp³-hybridized carbons (Fsp3) is 0.273. The Labute approximate surface area is 98.6 Å². The minimum Gasteiger partial charge on any atom is -0.447 e. The van der Waals surface area contributed by atoms with E-state index in [1.165, 1.54) is 13.1 Å². The van der Waals surface area contributed by atoms with Gasteiger partial charge in [-0.15, -0.1) is 0 Å². The highest BCUT2D eigenvalue weighted by atomic mass is 16.6. The second-order valence-electron chi connectivity index (χ2n) is 3.14. The third-order valence-electron chi connectivity index (χ3n) is 1.92. The number of rotatable bonds is 4. The van der Waals surface area contributed by atoms with E-state index in [4.69, 9.17) is 5.11 Å². The molecule has 1 rings (SSSR count). The number of nitrogens with one attached hydrogen (secondary N) is 2. The van der Waals surface area contributed by atoms with Gasteiger partial charge < -0.3 is 15.2 Å². The van der Waals surface area contributed by atoms with E-state index < -0.39 is 6.09 Å². The highest BCUT2D eigenvalue weighted by Gasteiger charge is 2.06.